The number of carbonyl (C=O) groups excluding carboxylic acids is 2. The van der Waals surface area contributed by atoms with Crippen LogP contribution >= 0.6 is 23.2 Å². The molecule has 2 amide bonds. The smallest absolute Gasteiger partial charge is 0.240 e. The Balaban J connectivity index is 1.40. The lowest BCUT2D eigenvalue weighted by Crippen LogP contribution is -2.46. The van der Waals surface area contributed by atoms with Gasteiger partial charge in [-0.3, -0.25) is 14.6 Å². The lowest BCUT2D eigenvalue weighted by molar-refractivity contribution is -0.127. The van der Waals surface area contributed by atoms with E-state index in [0.717, 1.165) is 5.56 Å². The van der Waals surface area contributed by atoms with E-state index in [9.17, 15) is 14.0 Å². The van der Waals surface area contributed by atoms with Crippen molar-refractivity contribution < 1.29 is 18.7 Å². The zero-order chi connectivity index (χ0) is 27.1. The van der Waals surface area contributed by atoms with Gasteiger partial charge in [0.2, 0.25) is 17.7 Å². The molecule has 0 radical (unpaired) electrons. The Bertz CT molecular complexity index is 1430. The molecule has 8 nitrogen and oxygen atoms in total. The topological polar surface area (TPSA) is 112 Å². The molecule has 1 atom stereocenters. The number of ether oxygens (including phenoxy) is 1. The number of halogens is 3. The fourth-order valence-corrected chi connectivity index (χ4v) is 4.00. The number of carbonyl (C=O) groups is 2. The average Bonchev–Trinajstić information content (AvgIpc) is 3.33. The van der Waals surface area contributed by atoms with E-state index in [1.165, 1.54) is 6.07 Å². The van der Waals surface area contributed by atoms with Crippen molar-refractivity contribution in [2.75, 3.05) is 6.61 Å². The summed E-state index contributed by atoms with van der Waals surface area (Å²) in [6.45, 7) is 0.182. The van der Waals surface area contributed by atoms with Gasteiger partial charge < -0.3 is 15.8 Å². The number of nitrogens with one attached hydrogen (secondary N) is 1. The predicted molar refractivity (Wildman–Crippen MR) is 143 cm³/mol. The van der Waals surface area contributed by atoms with Gasteiger partial charge in [-0.2, -0.15) is 5.10 Å². The largest absolute Gasteiger partial charge is 0.478 e. The van der Waals surface area contributed by atoms with E-state index >= 15 is 0 Å². The molecular weight excluding hydrogens is 532 g/mol. The normalized spacial score (nSPS) is 11.7. The van der Waals surface area contributed by atoms with Crippen LogP contribution in [0, 0.1) is 5.82 Å². The van der Waals surface area contributed by atoms with Gasteiger partial charge in [0.25, 0.3) is 0 Å². The van der Waals surface area contributed by atoms with Crippen molar-refractivity contribution >= 4 is 35.0 Å². The molecule has 0 saturated carbocycles. The fraction of sp³-hybridized carbons (Fsp3) is 0.185. The molecule has 0 aliphatic carbocycles. The molecule has 0 aliphatic heterocycles. The number of benzene rings is 2. The molecule has 2 aromatic carbocycles. The summed E-state index contributed by atoms with van der Waals surface area (Å²) in [4.78, 5) is 28.4. The second kappa shape index (κ2) is 12.5. The third-order valence-corrected chi connectivity index (χ3v) is 6.38. The second-order valence-corrected chi connectivity index (χ2v) is 9.20. The Morgan fingerprint density at radius 1 is 1.08 bits per heavy atom. The first kappa shape index (κ1) is 27.1. The number of primary amides is 1. The van der Waals surface area contributed by atoms with E-state index in [-0.39, 0.29) is 19.4 Å². The summed E-state index contributed by atoms with van der Waals surface area (Å²) in [5.74, 6) is -1.18. The maximum Gasteiger partial charge on any atom is 0.240 e. The molecule has 3 N–H and O–H groups in total. The minimum absolute atomic E-state index is 0.0375. The van der Waals surface area contributed by atoms with Crippen LogP contribution in [0.25, 0.3) is 16.9 Å². The van der Waals surface area contributed by atoms with Crippen LogP contribution < -0.4 is 15.8 Å². The number of hydrogen-bond donors (Lipinski definition) is 2. The van der Waals surface area contributed by atoms with Crippen LogP contribution in [0.2, 0.25) is 10.0 Å². The minimum atomic E-state index is -1.03. The van der Waals surface area contributed by atoms with E-state index in [4.69, 9.17) is 33.7 Å². The summed E-state index contributed by atoms with van der Waals surface area (Å²) >= 11 is 12.3. The zero-order valence-electron chi connectivity index (χ0n) is 20.1. The first-order valence-electron chi connectivity index (χ1n) is 11.7. The number of nitrogens with zero attached hydrogens (tertiary/aromatic N) is 3. The number of nitrogens with two attached hydrogens (primary N) is 1. The number of amides is 2. The van der Waals surface area contributed by atoms with Crippen LogP contribution in [-0.2, 0) is 16.0 Å². The molecule has 0 aliphatic rings. The van der Waals surface area contributed by atoms with Gasteiger partial charge in [0.05, 0.1) is 28.0 Å². The monoisotopic (exact) mass is 555 g/mol. The highest BCUT2D eigenvalue weighted by Gasteiger charge is 2.20. The Labute approximate surface area is 228 Å². The fourth-order valence-electron chi connectivity index (χ4n) is 3.71. The Hall–Kier alpha value is -3.95. The van der Waals surface area contributed by atoms with E-state index in [1.807, 2.05) is 6.07 Å². The van der Waals surface area contributed by atoms with Crippen LogP contribution in [0.1, 0.15) is 18.4 Å². The molecule has 11 heteroatoms. The molecule has 0 saturated heterocycles. The summed E-state index contributed by atoms with van der Waals surface area (Å²) < 4.78 is 21.5. The maximum absolute atomic E-state index is 14.0. The number of aromatic nitrogens is 3. The molecular formula is C27H24Cl2FN5O3. The van der Waals surface area contributed by atoms with Gasteiger partial charge >= 0.3 is 0 Å². The standard InChI is InChI=1S/C27H24Cl2FN5O3/c28-20-10-9-19(14-21(20)29)35-26(15-23(34-35)18-6-3-11-32-16-18)38-12-4-8-25(36)33-24(27(31)37)13-17-5-1-2-7-22(17)30/h1-3,5-7,9-11,14-16,24H,4,8,12-13H2,(H2,31,37)(H,33,36)/t24-/m0/s1. The first-order valence-corrected chi connectivity index (χ1v) is 12.5. The van der Waals surface area contributed by atoms with Gasteiger partial charge in [0.1, 0.15) is 11.9 Å². The van der Waals surface area contributed by atoms with Crippen LogP contribution in [-0.4, -0.2) is 39.2 Å². The number of pyridine rings is 1. The van der Waals surface area contributed by atoms with E-state index < -0.39 is 23.7 Å². The summed E-state index contributed by atoms with van der Waals surface area (Å²) in [6.07, 6.45) is 3.72. The molecule has 0 spiro atoms. The van der Waals surface area contributed by atoms with Gasteiger partial charge in [-0.15, -0.1) is 0 Å². The minimum Gasteiger partial charge on any atom is -0.478 e. The van der Waals surface area contributed by atoms with Crippen LogP contribution in [0.15, 0.2) is 73.1 Å². The lowest BCUT2D eigenvalue weighted by Gasteiger charge is -2.16. The number of rotatable bonds is 11. The van der Waals surface area contributed by atoms with Crippen molar-refractivity contribution in [1.29, 1.82) is 0 Å². The van der Waals surface area contributed by atoms with Crippen LogP contribution in [0.5, 0.6) is 5.88 Å². The average molecular weight is 556 g/mol. The van der Waals surface area contributed by atoms with E-state index in [1.54, 1.807) is 65.6 Å². The molecule has 4 aromatic rings. The molecule has 0 unspecified atom stereocenters. The molecule has 38 heavy (non-hydrogen) atoms. The van der Waals surface area contributed by atoms with E-state index in [2.05, 4.69) is 15.4 Å². The first-order chi connectivity index (χ1) is 18.3. The SMILES string of the molecule is NC(=O)[C@H](Cc1ccccc1F)NC(=O)CCCOc1cc(-c2cccnc2)nn1-c1ccc(Cl)c(Cl)c1. The van der Waals surface area contributed by atoms with Crippen LogP contribution in [0.3, 0.4) is 0 Å². The molecule has 4 rings (SSSR count). The zero-order valence-corrected chi connectivity index (χ0v) is 21.6. The van der Waals surface area contributed by atoms with Crippen molar-refractivity contribution in [2.45, 2.75) is 25.3 Å². The number of hydrogen-bond acceptors (Lipinski definition) is 5. The van der Waals surface area contributed by atoms with Crippen molar-refractivity contribution in [3.8, 4) is 22.8 Å². The van der Waals surface area contributed by atoms with Crippen LogP contribution in [0.4, 0.5) is 4.39 Å². The van der Waals surface area contributed by atoms with E-state index in [0.29, 0.717) is 39.3 Å². The predicted octanol–water partition coefficient (Wildman–Crippen LogP) is 4.75. The van der Waals surface area contributed by atoms with Gasteiger partial charge in [-0.1, -0.05) is 41.4 Å². The molecule has 2 heterocycles. The molecule has 0 bridgehead atoms. The van der Waals surface area contributed by atoms with Gasteiger partial charge in [-0.05, 0) is 48.4 Å². The summed E-state index contributed by atoms with van der Waals surface area (Å²) in [5.41, 5.74) is 7.78. The molecule has 2 aromatic heterocycles. The third kappa shape index (κ3) is 6.87. The third-order valence-electron chi connectivity index (χ3n) is 5.64. The van der Waals surface area contributed by atoms with Gasteiger partial charge in [0, 0.05) is 36.9 Å². The molecule has 196 valence electrons. The van der Waals surface area contributed by atoms with Crippen molar-refractivity contribution in [1.82, 2.24) is 20.1 Å². The summed E-state index contributed by atoms with van der Waals surface area (Å²) in [6, 6.07) is 15.5. The van der Waals surface area contributed by atoms with Crippen molar-refractivity contribution in [3.05, 3.63) is 94.5 Å². The Kier molecular flexibility index (Phi) is 8.93. The van der Waals surface area contributed by atoms with Gasteiger partial charge in [0.15, 0.2) is 0 Å². The Morgan fingerprint density at radius 3 is 2.61 bits per heavy atom. The highest BCUT2D eigenvalue weighted by molar-refractivity contribution is 6.42. The van der Waals surface area contributed by atoms with Crippen molar-refractivity contribution in [2.24, 2.45) is 5.73 Å². The Morgan fingerprint density at radius 2 is 1.89 bits per heavy atom. The highest BCUT2D eigenvalue weighted by Crippen LogP contribution is 2.29. The summed E-state index contributed by atoms with van der Waals surface area (Å²) in [7, 11) is 0. The summed E-state index contributed by atoms with van der Waals surface area (Å²) in [5, 5.41) is 7.98. The van der Waals surface area contributed by atoms with Gasteiger partial charge in [-0.25, -0.2) is 9.07 Å². The quantitative estimate of drug-likeness (QED) is 0.259. The highest BCUT2D eigenvalue weighted by atomic mass is 35.5. The molecule has 0 fully saturated rings. The maximum atomic E-state index is 14.0. The second-order valence-electron chi connectivity index (χ2n) is 8.39. The van der Waals surface area contributed by atoms with Crippen molar-refractivity contribution in [3.63, 3.8) is 0 Å². The lowest BCUT2D eigenvalue weighted by atomic mass is 10.0.